The lowest BCUT2D eigenvalue weighted by Crippen LogP contribution is -2.26. The Labute approximate surface area is 117 Å². The Morgan fingerprint density at radius 2 is 2.00 bits per heavy atom. The number of nitrogens with two attached hydrogens (primary N) is 3. The summed E-state index contributed by atoms with van der Waals surface area (Å²) in [6.45, 7) is 0. The van der Waals surface area contributed by atoms with Crippen molar-refractivity contribution >= 4 is 51.8 Å². The molecule has 6 N–H and O–H groups in total. The molecule has 17 heavy (non-hydrogen) atoms. The Kier molecular flexibility index (Phi) is 4.82. The predicted molar refractivity (Wildman–Crippen MR) is 77.8 cm³/mol. The van der Waals surface area contributed by atoms with E-state index in [2.05, 4.69) is 32.6 Å². The van der Waals surface area contributed by atoms with Gasteiger partial charge in [-0.1, -0.05) is 11.6 Å². The number of ether oxygens (including phenoxy) is 1. The summed E-state index contributed by atoms with van der Waals surface area (Å²) in [6, 6.07) is 3.49. The van der Waals surface area contributed by atoms with Crippen LogP contribution in [0.2, 0.25) is 5.02 Å². The quantitative estimate of drug-likeness (QED) is 0.414. The number of benzene rings is 1. The number of hydrogen-bond acceptors (Lipinski definition) is 2. The maximum atomic E-state index is 6.00. The molecule has 0 aliphatic rings. The monoisotopic (exact) mass is 367 g/mol. The Bertz CT molecular complexity index is 485. The molecule has 0 radical (unpaired) electrons. The number of nitrogens with zero attached hydrogens (tertiary/aromatic N) is 2. The van der Waals surface area contributed by atoms with Crippen LogP contribution in [0.25, 0.3) is 0 Å². The summed E-state index contributed by atoms with van der Waals surface area (Å²) in [7, 11) is 1.52. The first-order valence-electron chi connectivity index (χ1n) is 4.41. The number of rotatable bonds is 2. The summed E-state index contributed by atoms with van der Waals surface area (Å²) in [4.78, 5) is 7.62. The highest BCUT2D eigenvalue weighted by molar-refractivity contribution is 14.1. The van der Waals surface area contributed by atoms with E-state index in [0.717, 1.165) is 3.57 Å². The molecule has 0 aliphatic carbocycles. The topological polar surface area (TPSA) is 112 Å². The van der Waals surface area contributed by atoms with Crippen LogP contribution in [0, 0.1) is 3.57 Å². The third kappa shape index (κ3) is 3.63. The first-order valence-corrected chi connectivity index (χ1v) is 5.87. The maximum Gasteiger partial charge on any atom is 0.223 e. The first-order chi connectivity index (χ1) is 7.95. The second-order valence-corrected chi connectivity index (χ2v) is 4.49. The summed E-state index contributed by atoms with van der Waals surface area (Å²) < 4.78 is 6.05. The Hall–Kier alpha value is -1.22. The maximum absolute atomic E-state index is 6.00. The molecule has 1 aromatic rings. The molecule has 1 rings (SSSR count). The molecule has 0 atom stereocenters. The van der Waals surface area contributed by atoms with Crippen LogP contribution in [0.5, 0.6) is 5.75 Å². The molecule has 0 saturated carbocycles. The second kappa shape index (κ2) is 5.92. The number of halogens is 2. The minimum absolute atomic E-state index is 0.0906. The number of hydrogen-bond donors (Lipinski definition) is 3. The van der Waals surface area contributed by atoms with Crippen LogP contribution in [0.3, 0.4) is 0 Å². The standard InChI is InChI=1S/C9H11ClIN5O/c1-17-7-5(11)3-2-4(10)6(7)15-9(14)16-8(12)13/h2-3H,1H3,(H6,12,13,14,15,16). The summed E-state index contributed by atoms with van der Waals surface area (Å²) in [5.74, 6) is 0.256. The smallest absolute Gasteiger partial charge is 0.223 e. The van der Waals surface area contributed by atoms with Gasteiger partial charge in [0.05, 0.1) is 15.7 Å². The minimum Gasteiger partial charge on any atom is -0.493 e. The van der Waals surface area contributed by atoms with Gasteiger partial charge >= 0.3 is 0 Å². The van der Waals surface area contributed by atoms with E-state index >= 15 is 0 Å². The predicted octanol–water partition coefficient (Wildman–Crippen LogP) is 1.17. The van der Waals surface area contributed by atoms with Crippen molar-refractivity contribution in [2.75, 3.05) is 7.11 Å². The SMILES string of the molecule is COc1c(I)ccc(Cl)c1N=C(N)N=C(N)N. The molecule has 0 bridgehead atoms. The van der Waals surface area contributed by atoms with Crippen LogP contribution in [0.1, 0.15) is 0 Å². The highest BCUT2D eigenvalue weighted by Gasteiger charge is 2.11. The Morgan fingerprint density at radius 1 is 1.35 bits per heavy atom. The van der Waals surface area contributed by atoms with E-state index in [0.29, 0.717) is 16.5 Å². The van der Waals surface area contributed by atoms with Gasteiger partial charge < -0.3 is 21.9 Å². The van der Waals surface area contributed by atoms with Gasteiger partial charge in [-0.3, -0.25) is 0 Å². The van der Waals surface area contributed by atoms with Crippen molar-refractivity contribution in [1.29, 1.82) is 0 Å². The van der Waals surface area contributed by atoms with Gasteiger partial charge in [-0.15, -0.1) is 0 Å². The summed E-state index contributed by atoms with van der Waals surface area (Å²) in [5, 5.41) is 0.399. The molecule has 1 aromatic carbocycles. The van der Waals surface area contributed by atoms with Gasteiger partial charge in [0.25, 0.3) is 0 Å². The highest BCUT2D eigenvalue weighted by Crippen LogP contribution is 2.38. The van der Waals surface area contributed by atoms with Crippen molar-refractivity contribution in [3.63, 3.8) is 0 Å². The average molecular weight is 368 g/mol. The molecule has 6 nitrogen and oxygen atoms in total. The Balaban J connectivity index is 3.31. The van der Waals surface area contributed by atoms with Crippen molar-refractivity contribution in [3.05, 3.63) is 20.7 Å². The molecule has 8 heteroatoms. The van der Waals surface area contributed by atoms with Gasteiger partial charge in [0.15, 0.2) is 11.7 Å². The molecule has 0 saturated heterocycles. The minimum atomic E-state index is -0.174. The van der Waals surface area contributed by atoms with Crippen molar-refractivity contribution in [2.45, 2.75) is 0 Å². The van der Waals surface area contributed by atoms with Crippen molar-refractivity contribution in [3.8, 4) is 5.75 Å². The van der Waals surface area contributed by atoms with Gasteiger partial charge in [-0.2, -0.15) is 4.99 Å². The zero-order valence-corrected chi connectivity index (χ0v) is 11.9. The van der Waals surface area contributed by atoms with Gasteiger partial charge in [-0.05, 0) is 34.7 Å². The van der Waals surface area contributed by atoms with Crippen molar-refractivity contribution in [2.24, 2.45) is 27.2 Å². The molecule has 0 spiro atoms. The van der Waals surface area contributed by atoms with E-state index in [1.807, 2.05) is 0 Å². The molecule has 0 fully saturated rings. The normalized spacial score (nSPS) is 11.1. The first kappa shape index (κ1) is 13.8. The fourth-order valence-corrected chi connectivity index (χ4v) is 1.94. The van der Waals surface area contributed by atoms with E-state index in [1.54, 1.807) is 12.1 Å². The third-order valence-electron chi connectivity index (χ3n) is 1.71. The van der Waals surface area contributed by atoms with Gasteiger partial charge in [0, 0.05) is 0 Å². The van der Waals surface area contributed by atoms with Gasteiger partial charge in [-0.25, -0.2) is 4.99 Å². The second-order valence-electron chi connectivity index (χ2n) is 2.92. The van der Waals surface area contributed by atoms with Crippen LogP contribution in [-0.2, 0) is 0 Å². The molecule has 0 amide bonds. The fourth-order valence-electron chi connectivity index (χ4n) is 1.09. The summed E-state index contributed by atoms with van der Waals surface area (Å²) in [6.07, 6.45) is 0. The molecule has 0 unspecified atom stereocenters. The van der Waals surface area contributed by atoms with Crippen molar-refractivity contribution in [1.82, 2.24) is 0 Å². The van der Waals surface area contributed by atoms with Gasteiger partial charge in [0.2, 0.25) is 5.96 Å². The summed E-state index contributed by atoms with van der Waals surface area (Å²) >= 11 is 8.10. The molecule has 92 valence electrons. The van der Waals surface area contributed by atoms with E-state index in [4.69, 9.17) is 33.5 Å². The van der Waals surface area contributed by atoms with Crippen molar-refractivity contribution < 1.29 is 4.74 Å². The summed E-state index contributed by atoms with van der Waals surface area (Å²) in [5.41, 5.74) is 16.3. The lowest BCUT2D eigenvalue weighted by Gasteiger charge is -2.08. The molecular weight excluding hydrogens is 356 g/mol. The van der Waals surface area contributed by atoms with Crippen LogP contribution >= 0.6 is 34.2 Å². The third-order valence-corrected chi connectivity index (χ3v) is 2.86. The molecular formula is C9H11ClIN5O. The number of methoxy groups -OCH3 is 1. The number of aliphatic imine (C=N–C) groups is 2. The Morgan fingerprint density at radius 3 is 2.53 bits per heavy atom. The van der Waals surface area contributed by atoms with E-state index in [9.17, 15) is 0 Å². The van der Waals surface area contributed by atoms with E-state index < -0.39 is 0 Å². The fraction of sp³-hybridized carbons (Fsp3) is 0.111. The van der Waals surface area contributed by atoms with E-state index in [-0.39, 0.29) is 11.9 Å². The number of guanidine groups is 2. The largest absolute Gasteiger partial charge is 0.493 e. The van der Waals surface area contributed by atoms with Crippen LogP contribution in [-0.4, -0.2) is 19.0 Å². The molecule has 0 aromatic heterocycles. The lowest BCUT2D eigenvalue weighted by molar-refractivity contribution is 0.413. The molecule has 0 heterocycles. The lowest BCUT2D eigenvalue weighted by atomic mass is 10.3. The molecule has 0 aliphatic heterocycles. The highest BCUT2D eigenvalue weighted by atomic mass is 127. The average Bonchev–Trinajstić information content (AvgIpc) is 2.23. The zero-order valence-electron chi connectivity index (χ0n) is 8.95. The van der Waals surface area contributed by atoms with Crippen LogP contribution < -0.4 is 21.9 Å². The zero-order chi connectivity index (χ0) is 13.0. The van der Waals surface area contributed by atoms with Crippen LogP contribution in [0.15, 0.2) is 22.1 Å². The van der Waals surface area contributed by atoms with Gasteiger partial charge in [0.1, 0.15) is 5.69 Å². The van der Waals surface area contributed by atoms with Crippen LogP contribution in [0.4, 0.5) is 5.69 Å². The van der Waals surface area contributed by atoms with E-state index in [1.165, 1.54) is 7.11 Å².